The Morgan fingerprint density at radius 3 is 2.50 bits per heavy atom. The number of carbonyl (C=O) groups is 2. The molecule has 2 rings (SSSR count). The van der Waals surface area contributed by atoms with Crippen LogP contribution in [-0.2, 0) is 9.53 Å². The number of aromatic amines is 1. The number of aromatic nitrogens is 2. The fourth-order valence-electron chi connectivity index (χ4n) is 2.27. The van der Waals surface area contributed by atoms with Gasteiger partial charge in [0, 0.05) is 11.6 Å². The molecule has 2 aromatic rings. The molecule has 0 radical (unpaired) electrons. The highest BCUT2D eigenvalue weighted by atomic mass is 35.5. The number of nitriles is 1. The molecule has 1 heterocycles. The standard InChI is InChI=1S/C19H18Cl2N6O5/c1-4-31-19(30)23-18(29)14(8-22)25-24-10-5-12(20)16(13(21)6-10)32-15-7-11(9(2)3)17(28)27-26-15/h5-7,9,24H,4H2,1-3H3,(H,27,28)(H,23,29,30)/b25-14-. The molecule has 13 heteroatoms. The van der Waals surface area contributed by atoms with Gasteiger partial charge in [0.2, 0.25) is 11.6 Å². The highest BCUT2D eigenvalue weighted by molar-refractivity contribution is 6.47. The van der Waals surface area contributed by atoms with Crippen LogP contribution in [0.5, 0.6) is 11.6 Å². The van der Waals surface area contributed by atoms with E-state index in [2.05, 4.69) is 25.5 Å². The van der Waals surface area contributed by atoms with Crippen molar-refractivity contribution >= 4 is 46.6 Å². The van der Waals surface area contributed by atoms with Gasteiger partial charge < -0.3 is 9.47 Å². The lowest BCUT2D eigenvalue weighted by Crippen LogP contribution is -2.36. The molecule has 0 aliphatic rings. The van der Waals surface area contributed by atoms with Crippen LogP contribution in [0.4, 0.5) is 10.5 Å². The van der Waals surface area contributed by atoms with Crippen LogP contribution in [0.3, 0.4) is 0 Å². The average molecular weight is 481 g/mol. The van der Waals surface area contributed by atoms with Gasteiger partial charge in [-0.15, -0.1) is 5.10 Å². The van der Waals surface area contributed by atoms with Crippen LogP contribution in [0.25, 0.3) is 0 Å². The number of hydrogen-bond donors (Lipinski definition) is 3. The molecule has 0 spiro atoms. The highest BCUT2D eigenvalue weighted by Gasteiger charge is 2.17. The van der Waals surface area contributed by atoms with Crippen LogP contribution in [-0.4, -0.2) is 34.5 Å². The Morgan fingerprint density at radius 2 is 1.94 bits per heavy atom. The zero-order chi connectivity index (χ0) is 23.8. The van der Waals surface area contributed by atoms with Crippen molar-refractivity contribution in [2.75, 3.05) is 12.0 Å². The van der Waals surface area contributed by atoms with E-state index in [9.17, 15) is 14.4 Å². The van der Waals surface area contributed by atoms with Crippen molar-refractivity contribution in [3.8, 4) is 17.7 Å². The summed E-state index contributed by atoms with van der Waals surface area (Å²) in [4.78, 5) is 35.0. The zero-order valence-electron chi connectivity index (χ0n) is 17.2. The second-order valence-corrected chi connectivity index (χ2v) is 7.19. The normalized spacial score (nSPS) is 11.0. The molecule has 1 aromatic heterocycles. The number of H-pyrrole nitrogens is 1. The molecule has 168 valence electrons. The molecule has 1 aromatic carbocycles. The number of halogens is 2. The van der Waals surface area contributed by atoms with E-state index in [1.165, 1.54) is 18.2 Å². The second kappa shape index (κ2) is 11.1. The van der Waals surface area contributed by atoms with Crippen molar-refractivity contribution in [2.24, 2.45) is 5.10 Å². The van der Waals surface area contributed by atoms with Crippen LogP contribution >= 0.6 is 23.2 Å². The number of benzene rings is 1. The Labute approximate surface area is 192 Å². The number of nitrogens with zero attached hydrogens (tertiary/aromatic N) is 3. The smallest absolute Gasteiger partial charge is 0.414 e. The minimum absolute atomic E-state index is 0.0508. The molecule has 2 amide bonds. The van der Waals surface area contributed by atoms with Gasteiger partial charge in [0.15, 0.2) is 5.75 Å². The van der Waals surface area contributed by atoms with Gasteiger partial charge in [0.25, 0.3) is 11.5 Å². The lowest BCUT2D eigenvalue weighted by Gasteiger charge is -2.12. The third kappa shape index (κ3) is 6.44. The predicted molar refractivity (Wildman–Crippen MR) is 117 cm³/mol. The van der Waals surface area contributed by atoms with E-state index in [4.69, 9.17) is 33.2 Å². The molecule has 0 unspecified atom stereocenters. The number of hydrazone groups is 1. The first-order chi connectivity index (χ1) is 15.2. The number of carbonyl (C=O) groups excluding carboxylic acids is 2. The van der Waals surface area contributed by atoms with Gasteiger partial charge in [-0.25, -0.2) is 9.89 Å². The van der Waals surface area contributed by atoms with Crippen LogP contribution in [0, 0.1) is 11.3 Å². The molecule has 0 atom stereocenters. The highest BCUT2D eigenvalue weighted by Crippen LogP contribution is 2.38. The number of amides is 2. The van der Waals surface area contributed by atoms with E-state index in [0.717, 1.165) is 0 Å². The third-order valence-electron chi connectivity index (χ3n) is 3.74. The first-order valence-corrected chi connectivity index (χ1v) is 9.90. The Balaban J connectivity index is 2.20. The summed E-state index contributed by atoms with van der Waals surface area (Å²) >= 11 is 12.5. The Hall–Kier alpha value is -3.62. The Kier molecular flexibility index (Phi) is 8.57. The largest absolute Gasteiger partial charge is 0.450 e. The van der Waals surface area contributed by atoms with Gasteiger partial charge in [-0.1, -0.05) is 37.0 Å². The number of hydrogen-bond acceptors (Lipinski definition) is 9. The number of anilines is 1. The van der Waals surface area contributed by atoms with E-state index >= 15 is 0 Å². The quantitative estimate of drug-likeness (QED) is 0.400. The summed E-state index contributed by atoms with van der Waals surface area (Å²) in [6.07, 6.45) is -1.01. The van der Waals surface area contributed by atoms with Gasteiger partial charge >= 0.3 is 6.09 Å². The molecule has 11 nitrogen and oxygen atoms in total. The molecule has 0 aliphatic carbocycles. The van der Waals surface area contributed by atoms with Crippen molar-refractivity contribution in [2.45, 2.75) is 26.7 Å². The van der Waals surface area contributed by atoms with Gasteiger partial charge in [-0.2, -0.15) is 10.4 Å². The number of alkyl carbamates (subject to hydrolysis) is 1. The summed E-state index contributed by atoms with van der Waals surface area (Å²) < 4.78 is 10.2. The summed E-state index contributed by atoms with van der Waals surface area (Å²) in [5.74, 6) is -0.966. The zero-order valence-corrected chi connectivity index (χ0v) is 18.7. The lowest BCUT2D eigenvalue weighted by atomic mass is 10.1. The second-order valence-electron chi connectivity index (χ2n) is 6.38. The topological polar surface area (TPSA) is 159 Å². The predicted octanol–water partition coefficient (Wildman–Crippen LogP) is 3.56. The van der Waals surface area contributed by atoms with E-state index in [0.29, 0.717) is 5.56 Å². The maximum atomic E-state index is 11.9. The number of nitrogens with one attached hydrogen (secondary N) is 3. The van der Waals surface area contributed by atoms with Crippen LogP contribution in [0.15, 0.2) is 28.1 Å². The monoisotopic (exact) mass is 480 g/mol. The summed E-state index contributed by atoms with van der Waals surface area (Å²) in [5.41, 5.74) is 2.18. The number of imide groups is 1. The number of ether oxygens (including phenoxy) is 2. The fraction of sp³-hybridized carbons (Fsp3) is 0.263. The minimum atomic E-state index is -1.05. The van der Waals surface area contributed by atoms with E-state index in [-0.39, 0.29) is 45.4 Å². The fourth-order valence-corrected chi connectivity index (χ4v) is 2.84. The van der Waals surface area contributed by atoms with Crippen molar-refractivity contribution in [1.82, 2.24) is 15.5 Å². The van der Waals surface area contributed by atoms with Gasteiger partial charge in [0.05, 0.1) is 22.3 Å². The van der Waals surface area contributed by atoms with Crippen molar-refractivity contribution in [1.29, 1.82) is 5.26 Å². The Morgan fingerprint density at radius 1 is 1.28 bits per heavy atom. The third-order valence-corrected chi connectivity index (χ3v) is 4.31. The molecular formula is C19H18Cl2N6O5. The van der Waals surface area contributed by atoms with Gasteiger partial charge in [-0.05, 0) is 25.0 Å². The maximum absolute atomic E-state index is 11.9. The summed E-state index contributed by atoms with van der Waals surface area (Å²) in [6, 6.07) is 5.78. The molecule has 32 heavy (non-hydrogen) atoms. The SMILES string of the molecule is CCOC(=O)NC(=O)/C(C#N)=N\Nc1cc(Cl)c(Oc2cc(C(C)C)c(=O)[nH]n2)c(Cl)c1. The molecule has 0 saturated heterocycles. The van der Waals surface area contributed by atoms with Gasteiger partial charge in [-0.3, -0.25) is 20.3 Å². The summed E-state index contributed by atoms with van der Waals surface area (Å²) in [6.45, 7) is 5.30. The van der Waals surface area contributed by atoms with Crippen molar-refractivity contribution in [3.05, 3.63) is 44.2 Å². The van der Waals surface area contributed by atoms with E-state index < -0.39 is 17.7 Å². The molecule has 0 saturated carbocycles. The van der Waals surface area contributed by atoms with E-state index in [1.54, 1.807) is 13.0 Å². The summed E-state index contributed by atoms with van der Waals surface area (Å²) in [5, 5.41) is 20.8. The molecule has 0 aliphatic heterocycles. The first-order valence-electron chi connectivity index (χ1n) is 9.14. The molecule has 3 N–H and O–H groups in total. The minimum Gasteiger partial charge on any atom is -0.450 e. The van der Waals surface area contributed by atoms with Crippen LogP contribution in [0.2, 0.25) is 10.0 Å². The molecule has 0 fully saturated rings. The number of rotatable bonds is 7. The van der Waals surface area contributed by atoms with E-state index in [1.807, 2.05) is 19.2 Å². The maximum Gasteiger partial charge on any atom is 0.414 e. The molecule has 0 bridgehead atoms. The van der Waals surface area contributed by atoms with Gasteiger partial charge in [0.1, 0.15) is 6.07 Å². The van der Waals surface area contributed by atoms with Crippen molar-refractivity contribution < 1.29 is 19.1 Å². The lowest BCUT2D eigenvalue weighted by molar-refractivity contribution is -0.114. The van der Waals surface area contributed by atoms with Crippen molar-refractivity contribution in [3.63, 3.8) is 0 Å². The van der Waals surface area contributed by atoms with Crippen LogP contribution in [0.1, 0.15) is 32.3 Å². The van der Waals surface area contributed by atoms with Crippen LogP contribution < -0.4 is 21.0 Å². The summed E-state index contributed by atoms with van der Waals surface area (Å²) in [7, 11) is 0. The molecular weight excluding hydrogens is 463 g/mol. The average Bonchev–Trinajstić information content (AvgIpc) is 2.72. The Bertz CT molecular complexity index is 1130. The first kappa shape index (κ1) is 24.6.